The molecule has 5 nitrogen and oxygen atoms in total. The van der Waals surface area contributed by atoms with Crippen LogP contribution in [0, 0.1) is 6.92 Å². The first-order chi connectivity index (χ1) is 12.5. The lowest BCUT2D eigenvalue weighted by Crippen LogP contribution is -2.39. The Morgan fingerprint density at radius 3 is 2.73 bits per heavy atom. The molecule has 1 heterocycles. The van der Waals surface area contributed by atoms with Gasteiger partial charge in [0.1, 0.15) is 5.75 Å². The Labute approximate surface area is 157 Å². The van der Waals surface area contributed by atoms with E-state index in [1.807, 2.05) is 49.4 Å². The van der Waals surface area contributed by atoms with Crippen LogP contribution in [-0.2, 0) is 16.1 Å². The van der Waals surface area contributed by atoms with Gasteiger partial charge in [-0.15, -0.1) is 0 Å². The topological polar surface area (TPSA) is 58.6 Å². The van der Waals surface area contributed by atoms with Gasteiger partial charge in [0.25, 0.3) is 5.91 Å². The van der Waals surface area contributed by atoms with E-state index in [0.717, 1.165) is 11.1 Å². The molecule has 1 atom stereocenters. The number of amides is 2. The van der Waals surface area contributed by atoms with Crippen molar-refractivity contribution in [1.82, 2.24) is 10.2 Å². The summed E-state index contributed by atoms with van der Waals surface area (Å²) in [4.78, 5) is 26.0. The van der Waals surface area contributed by atoms with Gasteiger partial charge in [-0.2, -0.15) is 0 Å². The third-order valence-corrected chi connectivity index (χ3v) is 4.72. The summed E-state index contributed by atoms with van der Waals surface area (Å²) in [6.07, 6.45) is 0.292. The zero-order valence-corrected chi connectivity index (χ0v) is 15.3. The third kappa shape index (κ3) is 4.55. The van der Waals surface area contributed by atoms with Crippen molar-refractivity contribution in [3.05, 3.63) is 64.7 Å². The number of likely N-dealkylation sites (tertiary alicyclic amines) is 1. The van der Waals surface area contributed by atoms with E-state index in [0.29, 0.717) is 30.3 Å². The van der Waals surface area contributed by atoms with Crippen molar-refractivity contribution in [2.45, 2.75) is 25.9 Å². The number of benzene rings is 2. The highest BCUT2D eigenvalue weighted by Gasteiger charge is 2.30. The molecule has 1 fully saturated rings. The number of aryl methyl sites for hydroxylation is 1. The summed E-state index contributed by atoms with van der Waals surface area (Å²) in [6, 6.07) is 14.8. The highest BCUT2D eigenvalue weighted by Crippen LogP contribution is 2.21. The summed E-state index contributed by atoms with van der Waals surface area (Å²) >= 11 is 6.16. The van der Waals surface area contributed by atoms with E-state index in [2.05, 4.69) is 5.32 Å². The number of halogens is 1. The molecule has 1 aliphatic heterocycles. The van der Waals surface area contributed by atoms with Crippen LogP contribution < -0.4 is 10.1 Å². The summed E-state index contributed by atoms with van der Waals surface area (Å²) in [5.41, 5.74) is 1.87. The van der Waals surface area contributed by atoms with E-state index in [9.17, 15) is 9.59 Å². The van der Waals surface area contributed by atoms with E-state index in [-0.39, 0.29) is 24.5 Å². The minimum absolute atomic E-state index is 0.00930. The molecule has 0 saturated carbocycles. The number of nitrogens with zero attached hydrogens (tertiary/aromatic N) is 1. The number of hydrogen-bond acceptors (Lipinski definition) is 3. The van der Waals surface area contributed by atoms with Crippen LogP contribution in [-0.4, -0.2) is 35.9 Å². The van der Waals surface area contributed by atoms with Crippen LogP contribution >= 0.6 is 11.6 Å². The molecule has 2 aromatic rings. The average molecular weight is 373 g/mol. The Balaban J connectivity index is 1.50. The van der Waals surface area contributed by atoms with Crippen molar-refractivity contribution in [3.63, 3.8) is 0 Å². The first-order valence-corrected chi connectivity index (χ1v) is 8.89. The van der Waals surface area contributed by atoms with Crippen LogP contribution in [0.25, 0.3) is 0 Å². The summed E-state index contributed by atoms with van der Waals surface area (Å²) in [6.45, 7) is 2.78. The molecule has 0 spiro atoms. The van der Waals surface area contributed by atoms with Gasteiger partial charge in [0.15, 0.2) is 6.61 Å². The van der Waals surface area contributed by atoms with Crippen molar-refractivity contribution < 1.29 is 14.3 Å². The first-order valence-electron chi connectivity index (χ1n) is 8.52. The van der Waals surface area contributed by atoms with Crippen LogP contribution in [0.2, 0.25) is 5.02 Å². The van der Waals surface area contributed by atoms with Crippen molar-refractivity contribution >= 4 is 23.4 Å². The maximum absolute atomic E-state index is 12.2. The molecule has 3 rings (SSSR count). The number of para-hydroxylation sites is 1. The Morgan fingerprint density at radius 2 is 1.96 bits per heavy atom. The van der Waals surface area contributed by atoms with Crippen LogP contribution in [0.3, 0.4) is 0 Å². The Bertz CT molecular complexity index is 809. The summed E-state index contributed by atoms with van der Waals surface area (Å²) in [7, 11) is 0. The fourth-order valence-electron chi connectivity index (χ4n) is 2.98. The number of rotatable bonds is 6. The van der Waals surface area contributed by atoms with Gasteiger partial charge >= 0.3 is 0 Å². The molecule has 136 valence electrons. The lowest BCUT2D eigenvalue weighted by atomic mass is 10.2. The Morgan fingerprint density at radius 1 is 1.23 bits per heavy atom. The molecule has 1 unspecified atom stereocenters. The monoisotopic (exact) mass is 372 g/mol. The summed E-state index contributed by atoms with van der Waals surface area (Å²) < 4.78 is 5.55. The highest BCUT2D eigenvalue weighted by atomic mass is 35.5. The number of nitrogens with one attached hydrogen (secondary N) is 1. The van der Waals surface area contributed by atoms with Crippen LogP contribution in [0.4, 0.5) is 0 Å². The van der Waals surface area contributed by atoms with E-state index >= 15 is 0 Å². The second-order valence-corrected chi connectivity index (χ2v) is 6.80. The molecule has 0 aromatic heterocycles. The van der Waals surface area contributed by atoms with E-state index in [4.69, 9.17) is 16.3 Å². The third-order valence-electron chi connectivity index (χ3n) is 4.35. The minimum Gasteiger partial charge on any atom is -0.484 e. The number of carbonyl (C=O) groups is 2. The molecule has 0 radical (unpaired) electrons. The van der Waals surface area contributed by atoms with Gasteiger partial charge in [0.05, 0.1) is 6.04 Å². The predicted molar refractivity (Wildman–Crippen MR) is 100 cm³/mol. The number of ether oxygens (including phenoxy) is 1. The molecule has 2 aromatic carbocycles. The zero-order valence-electron chi connectivity index (χ0n) is 14.6. The number of hydrogen-bond donors (Lipinski definition) is 1. The first kappa shape index (κ1) is 18.3. The minimum atomic E-state index is -0.231. The van der Waals surface area contributed by atoms with Crippen molar-refractivity contribution in [2.75, 3.05) is 13.2 Å². The van der Waals surface area contributed by atoms with Crippen molar-refractivity contribution in [1.29, 1.82) is 0 Å². The fraction of sp³-hybridized carbons (Fsp3) is 0.300. The van der Waals surface area contributed by atoms with Gasteiger partial charge in [-0.05, 0) is 30.2 Å². The SMILES string of the molecule is Cc1ccccc1OCC(=O)NC1CC(=O)N(Cc2ccccc2Cl)C1. The second-order valence-electron chi connectivity index (χ2n) is 6.39. The highest BCUT2D eigenvalue weighted by molar-refractivity contribution is 6.31. The van der Waals surface area contributed by atoms with Crippen molar-refractivity contribution in [3.8, 4) is 5.75 Å². The zero-order chi connectivity index (χ0) is 18.5. The Kier molecular flexibility index (Phi) is 5.78. The molecule has 6 heteroatoms. The predicted octanol–water partition coefficient (Wildman–Crippen LogP) is 2.94. The Hall–Kier alpha value is -2.53. The molecule has 1 saturated heterocycles. The summed E-state index contributed by atoms with van der Waals surface area (Å²) in [5, 5.41) is 3.51. The molecule has 0 aliphatic carbocycles. The maximum atomic E-state index is 12.2. The molecule has 26 heavy (non-hydrogen) atoms. The standard InChI is InChI=1S/C20H21ClN2O3/c1-14-6-2-5-9-18(14)26-13-19(24)22-16-10-20(25)23(12-16)11-15-7-3-4-8-17(15)21/h2-9,16H,10-13H2,1H3,(H,22,24). The van der Waals surface area contributed by atoms with Crippen LogP contribution in [0.15, 0.2) is 48.5 Å². The van der Waals surface area contributed by atoms with Gasteiger partial charge in [-0.3, -0.25) is 9.59 Å². The van der Waals surface area contributed by atoms with Gasteiger partial charge in [0.2, 0.25) is 5.91 Å². The smallest absolute Gasteiger partial charge is 0.258 e. The van der Waals surface area contributed by atoms with E-state index < -0.39 is 0 Å². The van der Waals surface area contributed by atoms with Gasteiger partial charge in [-0.1, -0.05) is 48.0 Å². The van der Waals surface area contributed by atoms with Crippen LogP contribution in [0.1, 0.15) is 17.5 Å². The summed E-state index contributed by atoms with van der Waals surface area (Å²) in [5.74, 6) is 0.464. The van der Waals surface area contributed by atoms with E-state index in [1.54, 1.807) is 11.0 Å². The molecular weight excluding hydrogens is 352 g/mol. The van der Waals surface area contributed by atoms with Crippen molar-refractivity contribution in [2.24, 2.45) is 0 Å². The normalized spacial score (nSPS) is 16.6. The second kappa shape index (κ2) is 8.23. The lowest BCUT2D eigenvalue weighted by molar-refractivity contribution is -0.128. The maximum Gasteiger partial charge on any atom is 0.258 e. The largest absolute Gasteiger partial charge is 0.484 e. The van der Waals surface area contributed by atoms with Gasteiger partial charge in [-0.25, -0.2) is 0 Å². The molecule has 1 aliphatic rings. The van der Waals surface area contributed by atoms with Gasteiger partial charge in [0, 0.05) is 24.5 Å². The number of carbonyl (C=O) groups excluding carboxylic acids is 2. The fourth-order valence-corrected chi connectivity index (χ4v) is 3.18. The van der Waals surface area contributed by atoms with Gasteiger partial charge < -0.3 is 15.0 Å². The molecule has 2 amide bonds. The lowest BCUT2D eigenvalue weighted by Gasteiger charge is -2.18. The van der Waals surface area contributed by atoms with E-state index in [1.165, 1.54) is 0 Å². The molecular formula is C20H21ClN2O3. The average Bonchev–Trinajstić information content (AvgIpc) is 2.95. The van der Waals surface area contributed by atoms with Crippen LogP contribution in [0.5, 0.6) is 5.75 Å². The quantitative estimate of drug-likeness (QED) is 0.848. The molecule has 1 N–H and O–H groups in total. The molecule has 0 bridgehead atoms.